The molecule has 3 rings (SSSR count). The van der Waals surface area contributed by atoms with Crippen molar-refractivity contribution < 1.29 is 9.57 Å². The minimum Gasteiger partial charge on any atom is -0.487 e. The topological polar surface area (TPSA) is 83.5 Å². The molecule has 0 N–H and O–H groups in total. The van der Waals surface area contributed by atoms with Crippen LogP contribution < -0.4 is 10.4 Å². The Morgan fingerprint density at radius 2 is 1.96 bits per heavy atom. The molecule has 1 heterocycles. The van der Waals surface area contributed by atoms with Crippen LogP contribution in [0, 0.1) is 0 Å². The van der Waals surface area contributed by atoms with E-state index in [1.165, 1.54) is 18.8 Å². The molecule has 0 atom stereocenters. The molecule has 0 unspecified atom stereocenters. The lowest BCUT2D eigenvalue weighted by Crippen LogP contribution is -2.23. The van der Waals surface area contributed by atoms with Gasteiger partial charge >= 0.3 is 5.69 Å². The van der Waals surface area contributed by atoms with Gasteiger partial charge in [0.25, 0.3) is 0 Å². The second kappa shape index (κ2) is 8.45. The average Bonchev–Trinajstić information content (AvgIpc) is 3.00. The summed E-state index contributed by atoms with van der Waals surface area (Å²) in [7, 11) is 3.00. The summed E-state index contributed by atoms with van der Waals surface area (Å²) in [5.41, 5.74) is 2.18. The van der Waals surface area contributed by atoms with Gasteiger partial charge in [0, 0.05) is 23.2 Å². The standard InChI is InChI=1S/C18H17Cl2N5O3/c1-11(21-27-3)12-7-8-17(15(20)9-12)28-10-13-14(19)5-4-6-16(13)25-18(26)24(2)22-23-25/h4-9H,10H2,1-3H3. The molecule has 0 saturated carbocycles. The van der Waals surface area contributed by atoms with E-state index in [0.717, 1.165) is 10.2 Å². The minimum atomic E-state index is -0.390. The molecule has 0 fully saturated rings. The van der Waals surface area contributed by atoms with Gasteiger partial charge in [-0.2, -0.15) is 9.36 Å². The summed E-state index contributed by atoms with van der Waals surface area (Å²) in [6.07, 6.45) is 0. The first-order valence-corrected chi connectivity index (χ1v) is 8.95. The van der Waals surface area contributed by atoms with Crippen molar-refractivity contribution in [2.24, 2.45) is 12.2 Å². The number of ether oxygens (including phenoxy) is 1. The maximum absolute atomic E-state index is 12.2. The number of hydrogen-bond donors (Lipinski definition) is 0. The molecule has 2 aromatic carbocycles. The fourth-order valence-electron chi connectivity index (χ4n) is 2.54. The maximum Gasteiger partial charge on any atom is 0.368 e. The number of benzene rings is 2. The van der Waals surface area contributed by atoms with Crippen molar-refractivity contribution >= 4 is 28.9 Å². The van der Waals surface area contributed by atoms with E-state index < -0.39 is 0 Å². The van der Waals surface area contributed by atoms with Crippen LogP contribution in [0.25, 0.3) is 5.69 Å². The highest BCUT2D eigenvalue weighted by Crippen LogP contribution is 2.29. The normalized spacial score (nSPS) is 11.5. The van der Waals surface area contributed by atoms with Gasteiger partial charge in [-0.05, 0) is 47.7 Å². The number of rotatable bonds is 6. The monoisotopic (exact) mass is 421 g/mol. The Hall–Kier alpha value is -2.84. The summed E-state index contributed by atoms with van der Waals surface area (Å²) in [4.78, 5) is 17.0. The summed E-state index contributed by atoms with van der Waals surface area (Å²) in [5, 5.41) is 12.3. The molecule has 10 heteroatoms. The molecule has 3 aromatic rings. The van der Waals surface area contributed by atoms with Gasteiger partial charge in [0.15, 0.2) is 0 Å². The molecule has 0 saturated heterocycles. The molecule has 0 bridgehead atoms. The molecular weight excluding hydrogens is 405 g/mol. The van der Waals surface area contributed by atoms with Crippen LogP contribution in [0.15, 0.2) is 46.3 Å². The predicted molar refractivity (Wildman–Crippen MR) is 107 cm³/mol. The molecule has 0 aliphatic heterocycles. The number of tetrazole rings is 1. The average molecular weight is 422 g/mol. The van der Waals surface area contributed by atoms with Crippen molar-refractivity contribution in [3.8, 4) is 11.4 Å². The van der Waals surface area contributed by atoms with E-state index >= 15 is 0 Å². The van der Waals surface area contributed by atoms with Crippen molar-refractivity contribution in [1.82, 2.24) is 19.8 Å². The number of hydrogen-bond acceptors (Lipinski definition) is 6. The van der Waals surface area contributed by atoms with Gasteiger partial charge in [-0.1, -0.05) is 34.4 Å². The lowest BCUT2D eigenvalue weighted by Gasteiger charge is -2.13. The van der Waals surface area contributed by atoms with E-state index in [4.69, 9.17) is 32.8 Å². The summed E-state index contributed by atoms with van der Waals surface area (Å²) in [6.45, 7) is 1.90. The molecule has 0 amide bonds. The Morgan fingerprint density at radius 3 is 2.61 bits per heavy atom. The minimum absolute atomic E-state index is 0.0855. The van der Waals surface area contributed by atoms with Crippen LogP contribution in [0.3, 0.4) is 0 Å². The van der Waals surface area contributed by atoms with Crippen molar-refractivity contribution in [2.45, 2.75) is 13.5 Å². The summed E-state index contributed by atoms with van der Waals surface area (Å²) < 4.78 is 8.15. The van der Waals surface area contributed by atoms with Crippen molar-refractivity contribution in [2.75, 3.05) is 7.11 Å². The van der Waals surface area contributed by atoms with Crippen LogP contribution in [0.5, 0.6) is 5.75 Å². The van der Waals surface area contributed by atoms with E-state index in [0.29, 0.717) is 32.8 Å². The largest absolute Gasteiger partial charge is 0.487 e. The quantitative estimate of drug-likeness (QED) is 0.450. The zero-order valence-corrected chi connectivity index (χ0v) is 16.9. The SMILES string of the molecule is CON=C(C)c1ccc(OCc2c(Cl)cccc2-n2nnn(C)c2=O)c(Cl)c1. The van der Waals surface area contributed by atoms with Crippen LogP contribution in [0.2, 0.25) is 10.0 Å². The zero-order valence-electron chi connectivity index (χ0n) is 15.4. The molecule has 8 nitrogen and oxygen atoms in total. The van der Waals surface area contributed by atoms with Gasteiger partial charge in [-0.3, -0.25) is 0 Å². The van der Waals surface area contributed by atoms with Crippen molar-refractivity contribution in [3.05, 3.63) is 68.1 Å². The van der Waals surface area contributed by atoms with Crippen LogP contribution in [0.1, 0.15) is 18.1 Å². The molecule has 0 spiro atoms. The number of aromatic nitrogens is 4. The molecule has 1 aromatic heterocycles. The third-order valence-electron chi connectivity index (χ3n) is 3.99. The highest BCUT2D eigenvalue weighted by Gasteiger charge is 2.15. The maximum atomic E-state index is 12.2. The number of halogens is 2. The number of oxime groups is 1. The molecule has 28 heavy (non-hydrogen) atoms. The number of nitrogens with zero attached hydrogens (tertiary/aromatic N) is 5. The summed E-state index contributed by atoms with van der Waals surface area (Å²) >= 11 is 12.7. The Morgan fingerprint density at radius 1 is 1.18 bits per heavy atom. The van der Waals surface area contributed by atoms with Gasteiger partial charge in [0.1, 0.15) is 19.5 Å². The van der Waals surface area contributed by atoms with Crippen LogP contribution in [0.4, 0.5) is 0 Å². The lowest BCUT2D eigenvalue weighted by molar-refractivity contribution is 0.213. The fourth-order valence-corrected chi connectivity index (χ4v) is 3.00. The van der Waals surface area contributed by atoms with E-state index in [1.807, 2.05) is 13.0 Å². The lowest BCUT2D eigenvalue weighted by atomic mass is 10.1. The van der Waals surface area contributed by atoms with Gasteiger partial charge in [-0.15, -0.1) is 0 Å². The van der Waals surface area contributed by atoms with Gasteiger partial charge in [0.2, 0.25) is 0 Å². The van der Waals surface area contributed by atoms with Crippen LogP contribution >= 0.6 is 23.2 Å². The van der Waals surface area contributed by atoms with Crippen LogP contribution in [-0.2, 0) is 18.5 Å². The molecule has 0 radical (unpaired) electrons. The van der Waals surface area contributed by atoms with Gasteiger partial charge in [-0.25, -0.2) is 4.79 Å². The third kappa shape index (κ3) is 4.02. The Bertz CT molecular complexity index is 1090. The first-order valence-electron chi connectivity index (χ1n) is 8.19. The Balaban J connectivity index is 1.89. The van der Waals surface area contributed by atoms with E-state index in [2.05, 4.69) is 15.6 Å². The first kappa shape index (κ1) is 19.9. The molecule has 0 aliphatic rings. The third-order valence-corrected chi connectivity index (χ3v) is 4.64. The predicted octanol–water partition coefficient (Wildman–Crippen LogP) is 3.22. The van der Waals surface area contributed by atoms with Crippen molar-refractivity contribution in [1.29, 1.82) is 0 Å². The highest BCUT2D eigenvalue weighted by molar-refractivity contribution is 6.32. The van der Waals surface area contributed by atoms with Crippen molar-refractivity contribution in [3.63, 3.8) is 0 Å². The number of aryl methyl sites for hydroxylation is 1. The van der Waals surface area contributed by atoms with E-state index in [1.54, 1.807) is 30.3 Å². The Labute approximate surface area is 170 Å². The van der Waals surface area contributed by atoms with Gasteiger partial charge in [0.05, 0.1) is 16.4 Å². The Kier molecular flexibility index (Phi) is 6.01. The van der Waals surface area contributed by atoms with Gasteiger partial charge < -0.3 is 9.57 Å². The smallest absolute Gasteiger partial charge is 0.368 e. The first-order chi connectivity index (χ1) is 13.4. The zero-order chi connectivity index (χ0) is 20.3. The van der Waals surface area contributed by atoms with E-state index in [9.17, 15) is 4.79 Å². The highest BCUT2D eigenvalue weighted by atomic mass is 35.5. The fraction of sp³-hybridized carbons (Fsp3) is 0.222. The molecule has 146 valence electrons. The molecular formula is C18H17Cl2N5O3. The summed E-state index contributed by atoms with van der Waals surface area (Å²) in [6, 6.07) is 10.4. The molecule has 0 aliphatic carbocycles. The van der Waals surface area contributed by atoms with E-state index in [-0.39, 0.29) is 12.3 Å². The van der Waals surface area contributed by atoms with Crippen LogP contribution in [-0.4, -0.2) is 32.6 Å². The second-order valence-electron chi connectivity index (χ2n) is 5.83. The second-order valence-corrected chi connectivity index (χ2v) is 6.64. The summed E-state index contributed by atoms with van der Waals surface area (Å²) in [5.74, 6) is 0.466.